The van der Waals surface area contributed by atoms with E-state index in [2.05, 4.69) is 0 Å². The van der Waals surface area contributed by atoms with Crippen LogP contribution in [0.15, 0.2) is 58.0 Å². The van der Waals surface area contributed by atoms with Gasteiger partial charge in [0.25, 0.3) is 0 Å². The minimum absolute atomic E-state index is 0.301. The van der Waals surface area contributed by atoms with Gasteiger partial charge >= 0.3 is 165 Å². The zero-order valence-electron chi connectivity index (χ0n) is 13.8. The molecule has 0 saturated heterocycles. The molecule has 0 aliphatic carbocycles. The van der Waals surface area contributed by atoms with Gasteiger partial charge in [-0.2, -0.15) is 0 Å². The van der Waals surface area contributed by atoms with Gasteiger partial charge in [-0.15, -0.1) is 0 Å². The first-order chi connectivity index (χ1) is 12.5. The summed E-state index contributed by atoms with van der Waals surface area (Å²) >= 11 is -0.684. The molecule has 0 heterocycles. The summed E-state index contributed by atoms with van der Waals surface area (Å²) in [6.07, 6.45) is -9.58. The number of aliphatic hydroxyl groups is 1. The Balaban J connectivity index is 2.10. The number of hydrogen-bond acceptors (Lipinski definition) is 1. The van der Waals surface area contributed by atoms with Gasteiger partial charge in [0.15, 0.2) is 0 Å². The second kappa shape index (κ2) is 8.84. The number of benzene rings is 2. The monoisotopic (exact) mass is 520 g/mol. The van der Waals surface area contributed by atoms with Crippen molar-refractivity contribution in [3.63, 3.8) is 0 Å². The standard InChI is InChI=1S/C18H14F6OSe2/c1-11(25)16(27-15-8-4-13(5-9-15)18(22,23)24)10-26-14-6-2-12(3-7-14)17(19,20)21/h2-11,25H,1H3/b16-10+. The summed E-state index contributed by atoms with van der Waals surface area (Å²) < 4.78 is 77.6. The molecule has 1 atom stereocenters. The van der Waals surface area contributed by atoms with E-state index >= 15 is 0 Å². The van der Waals surface area contributed by atoms with Crippen molar-refractivity contribution < 1.29 is 31.4 Å². The third-order valence-corrected chi connectivity index (χ3v) is 8.52. The molecule has 2 aromatic carbocycles. The first kappa shape index (κ1) is 22.1. The third kappa shape index (κ3) is 6.70. The maximum atomic E-state index is 12.6. The van der Waals surface area contributed by atoms with E-state index in [1.54, 1.807) is 11.9 Å². The molecule has 1 N–H and O–H groups in total. The van der Waals surface area contributed by atoms with E-state index in [9.17, 15) is 31.4 Å². The Bertz CT molecular complexity index is 777. The van der Waals surface area contributed by atoms with Gasteiger partial charge in [0.05, 0.1) is 0 Å². The Morgan fingerprint density at radius 2 is 1.22 bits per heavy atom. The van der Waals surface area contributed by atoms with Crippen LogP contribution in [0.1, 0.15) is 18.1 Å². The van der Waals surface area contributed by atoms with Gasteiger partial charge in [0, 0.05) is 0 Å². The van der Waals surface area contributed by atoms with Crippen LogP contribution in [0.2, 0.25) is 0 Å². The summed E-state index contributed by atoms with van der Waals surface area (Å²) in [5, 5.41) is 9.91. The fourth-order valence-electron chi connectivity index (χ4n) is 1.90. The number of aliphatic hydroxyl groups excluding tert-OH is 1. The van der Waals surface area contributed by atoms with Crippen LogP contribution >= 0.6 is 0 Å². The van der Waals surface area contributed by atoms with Crippen molar-refractivity contribution in [3.8, 4) is 0 Å². The first-order valence-electron chi connectivity index (χ1n) is 7.54. The molecule has 0 aliphatic rings. The van der Waals surface area contributed by atoms with Gasteiger partial charge in [-0.25, -0.2) is 0 Å². The average Bonchev–Trinajstić information content (AvgIpc) is 2.57. The van der Waals surface area contributed by atoms with Crippen LogP contribution in [0.3, 0.4) is 0 Å². The van der Waals surface area contributed by atoms with E-state index in [1.807, 2.05) is 0 Å². The average molecular weight is 518 g/mol. The van der Waals surface area contributed by atoms with E-state index in [4.69, 9.17) is 0 Å². The SMILES string of the molecule is CC(O)/C(=C\[Se]c1ccc(C(F)(F)F)cc1)[Se]c1ccc(C(F)(F)F)cc1. The van der Waals surface area contributed by atoms with E-state index in [0.717, 1.165) is 24.3 Å². The van der Waals surface area contributed by atoms with E-state index in [0.29, 0.717) is 13.4 Å². The molecule has 1 nitrogen and oxygen atoms in total. The van der Waals surface area contributed by atoms with Gasteiger partial charge in [-0.05, 0) is 0 Å². The molecule has 146 valence electrons. The van der Waals surface area contributed by atoms with Gasteiger partial charge in [0.2, 0.25) is 0 Å². The van der Waals surface area contributed by atoms with Crippen LogP contribution in [0.4, 0.5) is 26.3 Å². The molecule has 0 saturated carbocycles. The molecule has 27 heavy (non-hydrogen) atoms. The van der Waals surface area contributed by atoms with E-state index in [1.165, 1.54) is 24.3 Å². The third-order valence-electron chi connectivity index (χ3n) is 3.32. The van der Waals surface area contributed by atoms with Gasteiger partial charge in [-0.1, -0.05) is 0 Å². The van der Waals surface area contributed by atoms with Crippen molar-refractivity contribution in [2.45, 2.75) is 25.4 Å². The molecule has 0 fully saturated rings. The number of alkyl halides is 6. The number of halogens is 6. The van der Waals surface area contributed by atoms with Gasteiger partial charge < -0.3 is 0 Å². The zero-order chi connectivity index (χ0) is 20.2. The summed E-state index contributed by atoms with van der Waals surface area (Å²) in [6, 6.07) is 9.56. The van der Waals surface area contributed by atoms with Crippen molar-refractivity contribution in [1.29, 1.82) is 0 Å². The van der Waals surface area contributed by atoms with Crippen LogP contribution < -0.4 is 8.92 Å². The normalized spacial score (nSPS) is 14.3. The Kier molecular flexibility index (Phi) is 7.22. The zero-order valence-corrected chi connectivity index (χ0v) is 17.2. The Morgan fingerprint density at radius 3 is 1.59 bits per heavy atom. The molecule has 0 aromatic heterocycles. The molecule has 2 aromatic rings. The summed E-state index contributed by atoms with van der Waals surface area (Å²) in [6.45, 7) is 1.56. The molecule has 1 unspecified atom stereocenters. The fraction of sp³-hybridized carbons (Fsp3) is 0.222. The van der Waals surface area contributed by atoms with Crippen LogP contribution in [-0.4, -0.2) is 41.1 Å². The predicted octanol–water partition coefficient (Wildman–Crippen LogP) is 3.31. The Hall–Kier alpha value is -1.24. The van der Waals surface area contributed by atoms with E-state index in [-0.39, 0.29) is 29.9 Å². The van der Waals surface area contributed by atoms with E-state index < -0.39 is 29.6 Å². The number of rotatable bonds is 5. The van der Waals surface area contributed by atoms with Crippen molar-refractivity contribution >= 4 is 38.8 Å². The van der Waals surface area contributed by atoms with Crippen LogP contribution in [0.25, 0.3) is 0 Å². The molecular weight excluding hydrogens is 504 g/mol. The predicted molar refractivity (Wildman–Crippen MR) is 93.4 cm³/mol. The molecule has 0 aliphatic heterocycles. The van der Waals surface area contributed by atoms with Crippen molar-refractivity contribution in [3.05, 3.63) is 69.1 Å². The van der Waals surface area contributed by atoms with Crippen molar-refractivity contribution in [2.75, 3.05) is 0 Å². The van der Waals surface area contributed by atoms with Gasteiger partial charge in [-0.3, -0.25) is 0 Å². The Morgan fingerprint density at radius 1 is 0.815 bits per heavy atom. The molecule has 2 rings (SSSR count). The summed E-state index contributed by atoms with van der Waals surface area (Å²) in [4.78, 5) is 1.78. The molecule has 0 radical (unpaired) electrons. The van der Waals surface area contributed by atoms with Crippen molar-refractivity contribution in [1.82, 2.24) is 0 Å². The van der Waals surface area contributed by atoms with Crippen LogP contribution in [0.5, 0.6) is 0 Å². The molecular formula is C18H14F6OSe2. The summed E-state index contributed by atoms with van der Waals surface area (Å²) in [5.41, 5.74) is -1.46. The second-order valence-electron chi connectivity index (χ2n) is 5.46. The Labute approximate surface area is 164 Å². The molecule has 0 spiro atoms. The first-order valence-corrected chi connectivity index (χ1v) is 11.1. The number of hydrogen-bond donors (Lipinski definition) is 1. The van der Waals surface area contributed by atoms with Gasteiger partial charge in [0.1, 0.15) is 0 Å². The molecule has 0 amide bonds. The molecule has 0 bridgehead atoms. The topological polar surface area (TPSA) is 20.2 Å². The molecule has 9 heteroatoms. The summed E-state index contributed by atoms with van der Waals surface area (Å²) in [5.74, 6) is 0. The summed E-state index contributed by atoms with van der Waals surface area (Å²) in [7, 11) is 0. The minimum atomic E-state index is -4.40. The maximum absolute atomic E-state index is 12.6. The fourth-order valence-corrected chi connectivity index (χ4v) is 6.11. The quantitative estimate of drug-likeness (QED) is 0.476. The van der Waals surface area contributed by atoms with Crippen LogP contribution in [0, 0.1) is 0 Å². The van der Waals surface area contributed by atoms with Crippen molar-refractivity contribution in [2.24, 2.45) is 0 Å². The second-order valence-corrected chi connectivity index (χ2v) is 9.84. The van der Waals surface area contributed by atoms with Crippen LogP contribution in [-0.2, 0) is 12.4 Å².